The Morgan fingerprint density at radius 2 is 2.00 bits per heavy atom. The molecule has 0 spiro atoms. The molecule has 0 aliphatic carbocycles. The van der Waals surface area contributed by atoms with Crippen molar-refractivity contribution >= 4 is 28.8 Å². The quantitative estimate of drug-likeness (QED) is 0.819. The summed E-state index contributed by atoms with van der Waals surface area (Å²) >= 11 is 4.80. The molecule has 1 aromatic carbocycles. The van der Waals surface area contributed by atoms with Crippen LogP contribution < -0.4 is 11.1 Å². The van der Waals surface area contributed by atoms with Gasteiger partial charge in [0.05, 0.1) is 0 Å². The van der Waals surface area contributed by atoms with Gasteiger partial charge >= 0.3 is 6.18 Å². The molecule has 0 saturated carbocycles. The number of halogens is 3. The van der Waals surface area contributed by atoms with Crippen LogP contribution in [0.5, 0.6) is 0 Å². The zero-order valence-electron chi connectivity index (χ0n) is 11.4. The normalized spacial score (nSPS) is 14.3. The van der Waals surface area contributed by atoms with E-state index in [-0.39, 0.29) is 4.99 Å². The van der Waals surface area contributed by atoms with Crippen LogP contribution in [0.15, 0.2) is 24.3 Å². The molecule has 0 bridgehead atoms. The van der Waals surface area contributed by atoms with Gasteiger partial charge < -0.3 is 15.8 Å². The first-order valence-corrected chi connectivity index (χ1v) is 6.45. The van der Waals surface area contributed by atoms with Crippen LogP contribution in [0.2, 0.25) is 0 Å². The average Bonchev–Trinajstić information content (AvgIpc) is 2.37. The third kappa shape index (κ3) is 5.31. The van der Waals surface area contributed by atoms with Gasteiger partial charge in [-0.05, 0) is 26.0 Å². The predicted octanol–water partition coefficient (Wildman–Crippen LogP) is 2.62. The summed E-state index contributed by atoms with van der Waals surface area (Å²) in [6.45, 7) is 2.09. The predicted molar refractivity (Wildman–Crippen MR) is 77.0 cm³/mol. The average molecular weight is 320 g/mol. The van der Waals surface area contributed by atoms with E-state index in [4.69, 9.17) is 18.0 Å². The molecule has 0 heterocycles. The van der Waals surface area contributed by atoms with Crippen LogP contribution in [-0.4, -0.2) is 29.3 Å². The van der Waals surface area contributed by atoms with Crippen LogP contribution in [0, 0.1) is 0 Å². The van der Waals surface area contributed by atoms with Crippen LogP contribution in [0.25, 0.3) is 0 Å². The Morgan fingerprint density at radius 1 is 1.38 bits per heavy atom. The van der Waals surface area contributed by atoms with Crippen molar-refractivity contribution < 1.29 is 22.7 Å². The van der Waals surface area contributed by atoms with Crippen molar-refractivity contribution in [3.8, 4) is 0 Å². The Balaban J connectivity index is 2.68. The lowest BCUT2D eigenvalue weighted by Crippen LogP contribution is -2.37. The number of rotatable bonds is 5. The summed E-state index contributed by atoms with van der Waals surface area (Å²) < 4.78 is 41.7. The molecule has 2 unspecified atom stereocenters. The summed E-state index contributed by atoms with van der Waals surface area (Å²) in [5.41, 5.74) is 6.37. The Bertz CT molecular complexity index is 534. The van der Waals surface area contributed by atoms with Crippen molar-refractivity contribution in [3.63, 3.8) is 0 Å². The summed E-state index contributed by atoms with van der Waals surface area (Å²) in [7, 11) is 0. The summed E-state index contributed by atoms with van der Waals surface area (Å²) in [4.78, 5) is 11.9. The van der Waals surface area contributed by atoms with Crippen LogP contribution in [0.3, 0.4) is 0 Å². The van der Waals surface area contributed by atoms with Gasteiger partial charge in [-0.1, -0.05) is 24.4 Å². The molecular weight excluding hydrogens is 305 g/mol. The Labute approximate surface area is 125 Å². The van der Waals surface area contributed by atoms with E-state index in [1.165, 1.54) is 13.0 Å². The highest BCUT2D eigenvalue weighted by atomic mass is 32.1. The summed E-state index contributed by atoms with van der Waals surface area (Å²) in [5.74, 6) is -0.689. The van der Waals surface area contributed by atoms with Crippen molar-refractivity contribution in [3.05, 3.63) is 29.8 Å². The van der Waals surface area contributed by atoms with E-state index in [1.807, 2.05) is 0 Å². The number of ether oxygens (including phenoxy) is 1. The first-order valence-electron chi connectivity index (χ1n) is 6.04. The number of alkyl halides is 3. The molecule has 3 N–H and O–H groups in total. The molecule has 0 aliphatic rings. The molecule has 116 valence electrons. The van der Waals surface area contributed by atoms with Crippen LogP contribution in [0.1, 0.15) is 19.4 Å². The Kier molecular flexibility index (Phi) is 5.68. The molecule has 1 aromatic rings. The number of hydrogen-bond donors (Lipinski definition) is 2. The van der Waals surface area contributed by atoms with Crippen LogP contribution >= 0.6 is 12.2 Å². The molecule has 0 radical (unpaired) electrons. The summed E-state index contributed by atoms with van der Waals surface area (Å²) in [5, 5.41) is 2.45. The molecule has 0 aliphatic heterocycles. The standard InChI is InChI=1S/C13H15F3N2O2S/c1-7(20-8(2)13(14,15)16)12(19)18-10-5-3-4-9(6-10)11(17)21/h3-8H,1-2H3,(H2,17,21)(H,18,19). The van der Waals surface area contributed by atoms with Gasteiger partial charge in [-0.3, -0.25) is 4.79 Å². The topological polar surface area (TPSA) is 64.3 Å². The number of carbonyl (C=O) groups is 1. The third-order valence-corrected chi connectivity index (χ3v) is 2.89. The molecule has 1 amide bonds. The van der Waals surface area contributed by atoms with E-state index >= 15 is 0 Å². The third-order valence-electron chi connectivity index (χ3n) is 2.65. The van der Waals surface area contributed by atoms with Gasteiger partial charge in [0.25, 0.3) is 5.91 Å². The van der Waals surface area contributed by atoms with Crippen LogP contribution in [0.4, 0.5) is 18.9 Å². The van der Waals surface area contributed by atoms with Crippen molar-refractivity contribution in [2.24, 2.45) is 5.73 Å². The van der Waals surface area contributed by atoms with E-state index in [1.54, 1.807) is 18.2 Å². The zero-order chi connectivity index (χ0) is 16.2. The van der Waals surface area contributed by atoms with E-state index in [0.717, 1.165) is 6.92 Å². The maximum atomic E-state index is 12.4. The van der Waals surface area contributed by atoms with E-state index in [9.17, 15) is 18.0 Å². The Morgan fingerprint density at radius 3 is 2.52 bits per heavy atom. The molecule has 0 saturated heterocycles. The maximum absolute atomic E-state index is 12.4. The lowest BCUT2D eigenvalue weighted by Gasteiger charge is -2.21. The molecule has 4 nitrogen and oxygen atoms in total. The van der Waals surface area contributed by atoms with Crippen molar-refractivity contribution in [1.29, 1.82) is 0 Å². The van der Waals surface area contributed by atoms with Gasteiger partial charge in [0.2, 0.25) is 0 Å². The second kappa shape index (κ2) is 6.86. The van der Waals surface area contributed by atoms with Gasteiger partial charge in [-0.2, -0.15) is 13.2 Å². The number of amides is 1. The highest BCUT2D eigenvalue weighted by Crippen LogP contribution is 2.23. The largest absolute Gasteiger partial charge is 0.414 e. The fraction of sp³-hybridized carbons (Fsp3) is 0.385. The minimum Gasteiger partial charge on any atom is -0.389 e. The minimum absolute atomic E-state index is 0.154. The van der Waals surface area contributed by atoms with Crippen molar-refractivity contribution in [2.75, 3.05) is 5.32 Å². The van der Waals surface area contributed by atoms with Gasteiger partial charge in [0.15, 0.2) is 6.10 Å². The minimum atomic E-state index is -4.51. The van der Waals surface area contributed by atoms with E-state index in [2.05, 4.69) is 10.1 Å². The SMILES string of the molecule is CC(OC(C)C(F)(F)F)C(=O)Nc1cccc(C(N)=S)c1. The van der Waals surface area contributed by atoms with Crippen molar-refractivity contribution in [1.82, 2.24) is 0 Å². The van der Waals surface area contributed by atoms with E-state index in [0.29, 0.717) is 11.3 Å². The second-order valence-electron chi connectivity index (χ2n) is 4.40. The van der Waals surface area contributed by atoms with E-state index < -0.39 is 24.3 Å². The van der Waals surface area contributed by atoms with Gasteiger partial charge in [-0.25, -0.2) is 0 Å². The molecule has 0 fully saturated rings. The fourth-order valence-electron chi connectivity index (χ4n) is 1.44. The first-order chi connectivity index (χ1) is 9.61. The maximum Gasteiger partial charge on any atom is 0.414 e. The fourth-order valence-corrected chi connectivity index (χ4v) is 1.57. The molecule has 2 atom stereocenters. The summed E-state index contributed by atoms with van der Waals surface area (Å²) in [6.07, 6.45) is -7.79. The van der Waals surface area contributed by atoms with Gasteiger partial charge in [-0.15, -0.1) is 0 Å². The monoisotopic (exact) mass is 320 g/mol. The highest BCUT2D eigenvalue weighted by molar-refractivity contribution is 7.80. The lowest BCUT2D eigenvalue weighted by atomic mass is 10.2. The number of hydrogen-bond acceptors (Lipinski definition) is 3. The zero-order valence-corrected chi connectivity index (χ0v) is 12.2. The lowest BCUT2D eigenvalue weighted by molar-refractivity contribution is -0.223. The first kappa shape index (κ1) is 17.4. The number of anilines is 1. The number of nitrogens with two attached hydrogens (primary N) is 1. The molecular formula is C13H15F3N2O2S. The highest BCUT2D eigenvalue weighted by Gasteiger charge is 2.38. The summed E-state index contributed by atoms with van der Waals surface area (Å²) in [6, 6.07) is 6.37. The molecule has 0 aromatic heterocycles. The number of carbonyl (C=O) groups excluding carboxylic acids is 1. The smallest absolute Gasteiger partial charge is 0.389 e. The van der Waals surface area contributed by atoms with Gasteiger partial charge in [0.1, 0.15) is 11.1 Å². The second-order valence-corrected chi connectivity index (χ2v) is 4.84. The Hall–Kier alpha value is -1.67. The molecule has 21 heavy (non-hydrogen) atoms. The van der Waals surface area contributed by atoms with Crippen molar-refractivity contribution in [2.45, 2.75) is 32.2 Å². The number of thiocarbonyl (C=S) groups is 1. The molecule has 8 heteroatoms. The number of benzene rings is 1. The van der Waals surface area contributed by atoms with Gasteiger partial charge in [0, 0.05) is 11.3 Å². The number of nitrogens with one attached hydrogen (secondary N) is 1. The van der Waals surface area contributed by atoms with Crippen LogP contribution in [-0.2, 0) is 9.53 Å². The molecule has 1 rings (SSSR count).